The summed E-state index contributed by atoms with van der Waals surface area (Å²) < 4.78 is 0. The van der Waals surface area contributed by atoms with E-state index in [4.69, 9.17) is 11.6 Å². The quantitative estimate of drug-likeness (QED) is 0.730. The average Bonchev–Trinajstić information content (AvgIpc) is 2.35. The summed E-state index contributed by atoms with van der Waals surface area (Å²) in [7, 11) is 0. The molecule has 0 aliphatic heterocycles. The summed E-state index contributed by atoms with van der Waals surface area (Å²) in [6.07, 6.45) is 0. The van der Waals surface area contributed by atoms with E-state index in [1.54, 1.807) is 0 Å². The third-order valence-corrected chi connectivity index (χ3v) is 3.63. The summed E-state index contributed by atoms with van der Waals surface area (Å²) in [4.78, 5) is 2.45. The third kappa shape index (κ3) is 6.71. The summed E-state index contributed by atoms with van der Waals surface area (Å²) in [6.45, 7) is 16.3. The Morgan fingerprint density at radius 3 is 2.00 bits per heavy atom. The van der Waals surface area contributed by atoms with Gasteiger partial charge >= 0.3 is 0 Å². The molecule has 1 aromatic rings. The van der Waals surface area contributed by atoms with E-state index in [0.717, 1.165) is 24.7 Å². The van der Waals surface area contributed by atoms with Crippen molar-refractivity contribution in [2.24, 2.45) is 11.8 Å². The Morgan fingerprint density at radius 1 is 1.00 bits per heavy atom. The molecule has 0 atom stereocenters. The first kappa shape index (κ1) is 18.3. The Morgan fingerprint density at radius 2 is 1.57 bits per heavy atom. The van der Waals surface area contributed by atoms with Crippen molar-refractivity contribution in [3.05, 3.63) is 28.8 Å². The van der Waals surface area contributed by atoms with Gasteiger partial charge in [0.05, 0.1) is 0 Å². The first-order valence-electron chi connectivity index (χ1n) is 8.06. The predicted molar refractivity (Wildman–Crippen MR) is 95.3 cm³/mol. The molecule has 0 heterocycles. The van der Waals surface area contributed by atoms with Crippen molar-refractivity contribution in [3.8, 4) is 0 Å². The zero-order valence-electron chi connectivity index (χ0n) is 14.4. The van der Waals surface area contributed by atoms with Crippen LogP contribution in [-0.4, -0.2) is 19.1 Å². The van der Waals surface area contributed by atoms with Crippen LogP contribution in [0, 0.1) is 11.8 Å². The molecule has 0 fully saturated rings. The van der Waals surface area contributed by atoms with E-state index in [-0.39, 0.29) is 0 Å². The van der Waals surface area contributed by atoms with Crippen molar-refractivity contribution >= 4 is 17.3 Å². The van der Waals surface area contributed by atoms with Gasteiger partial charge in [-0.05, 0) is 29.5 Å². The highest BCUT2D eigenvalue weighted by Gasteiger charge is 2.12. The van der Waals surface area contributed by atoms with Gasteiger partial charge < -0.3 is 10.2 Å². The standard InChI is InChI=1S/C18H31ClN2/c1-13(2)11-21(12-14(3)4)17-8-7-16(18(19)9-17)10-20-15(5)6/h7-9,13-15,20H,10-12H2,1-6H3. The second-order valence-electron chi connectivity index (χ2n) is 7.00. The van der Waals surface area contributed by atoms with Gasteiger partial charge in [-0.25, -0.2) is 0 Å². The van der Waals surface area contributed by atoms with Gasteiger partial charge in [0.2, 0.25) is 0 Å². The van der Waals surface area contributed by atoms with Crippen LogP contribution in [0.2, 0.25) is 5.02 Å². The van der Waals surface area contributed by atoms with Gasteiger partial charge in [-0.1, -0.05) is 59.2 Å². The maximum Gasteiger partial charge on any atom is 0.0471 e. The first-order valence-corrected chi connectivity index (χ1v) is 8.44. The molecule has 2 nitrogen and oxygen atoms in total. The monoisotopic (exact) mass is 310 g/mol. The fourth-order valence-electron chi connectivity index (χ4n) is 2.36. The highest BCUT2D eigenvalue weighted by atomic mass is 35.5. The van der Waals surface area contributed by atoms with Crippen molar-refractivity contribution in [3.63, 3.8) is 0 Å². The fraction of sp³-hybridized carbons (Fsp3) is 0.667. The number of nitrogens with zero attached hydrogens (tertiary/aromatic N) is 1. The van der Waals surface area contributed by atoms with Gasteiger partial charge in [0.15, 0.2) is 0 Å². The van der Waals surface area contributed by atoms with Crippen molar-refractivity contribution < 1.29 is 0 Å². The number of rotatable bonds is 8. The second-order valence-corrected chi connectivity index (χ2v) is 7.41. The number of hydrogen-bond acceptors (Lipinski definition) is 2. The molecule has 0 aliphatic carbocycles. The van der Waals surface area contributed by atoms with E-state index in [1.165, 1.54) is 11.3 Å². The summed E-state index contributed by atoms with van der Waals surface area (Å²) in [5.41, 5.74) is 2.40. The van der Waals surface area contributed by atoms with E-state index in [9.17, 15) is 0 Å². The number of benzene rings is 1. The zero-order chi connectivity index (χ0) is 16.0. The molecule has 0 amide bonds. The molecular formula is C18H31ClN2. The van der Waals surface area contributed by atoms with Gasteiger partial charge in [0.1, 0.15) is 0 Å². The molecule has 0 aromatic heterocycles. The van der Waals surface area contributed by atoms with Crippen LogP contribution in [0.3, 0.4) is 0 Å². The molecule has 1 aromatic carbocycles. The lowest BCUT2D eigenvalue weighted by atomic mass is 10.1. The Labute approximate surface area is 135 Å². The minimum Gasteiger partial charge on any atom is -0.371 e. The van der Waals surface area contributed by atoms with Crippen molar-refractivity contribution in [2.45, 2.75) is 54.1 Å². The molecule has 120 valence electrons. The van der Waals surface area contributed by atoms with Gasteiger partial charge in [-0.2, -0.15) is 0 Å². The number of halogens is 1. The highest BCUT2D eigenvalue weighted by molar-refractivity contribution is 6.31. The molecule has 21 heavy (non-hydrogen) atoms. The fourth-order valence-corrected chi connectivity index (χ4v) is 2.60. The molecule has 0 spiro atoms. The lowest BCUT2D eigenvalue weighted by Gasteiger charge is -2.29. The normalized spacial score (nSPS) is 11.7. The lowest BCUT2D eigenvalue weighted by molar-refractivity contribution is 0.552. The van der Waals surface area contributed by atoms with Gasteiger partial charge in [-0.3, -0.25) is 0 Å². The topological polar surface area (TPSA) is 15.3 Å². The maximum absolute atomic E-state index is 6.46. The SMILES string of the molecule is CC(C)CN(CC(C)C)c1ccc(CNC(C)C)c(Cl)c1. The first-order chi connectivity index (χ1) is 9.79. The van der Waals surface area contributed by atoms with Crippen molar-refractivity contribution in [1.82, 2.24) is 5.32 Å². The molecule has 0 bridgehead atoms. The summed E-state index contributed by atoms with van der Waals surface area (Å²) in [6, 6.07) is 6.94. The van der Waals surface area contributed by atoms with Crippen LogP contribution >= 0.6 is 11.6 Å². The van der Waals surface area contributed by atoms with Crippen LogP contribution in [-0.2, 0) is 6.54 Å². The van der Waals surface area contributed by atoms with Crippen LogP contribution < -0.4 is 10.2 Å². The minimum absolute atomic E-state index is 0.471. The molecule has 1 N–H and O–H groups in total. The summed E-state index contributed by atoms with van der Waals surface area (Å²) in [5.74, 6) is 1.29. The van der Waals surface area contributed by atoms with E-state index in [2.05, 4.69) is 70.0 Å². The average molecular weight is 311 g/mol. The molecule has 0 saturated heterocycles. The van der Waals surface area contributed by atoms with Crippen molar-refractivity contribution in [1.29, 1.82) is 0 Å². The van der Waals surface area contributed by atoms with Gasteiger partial charge in [0.25, 0.3) is 0 Å². The molecule has 0 unspecified atom stereocenters. The zero-order valence-corrected chi connectivity index (χ0v) is 15.2. The second kappa shape index (κ2) is 8.65. The Kier molecular flexibility index (Phi) is 7.55. The summed E-state index contributed by atoms with van der Waals surface area (Å²) >= 11 is 6.46. The number of hydrogen-bond donors (Lipinski definition) is 1. The van der Waals surface area contributed by atoms with Gasteiger partial charge in [0, 0.05) is 36.4 Å². The van der Waals surface area contributed by atoms with Crippen LogP contribution in [0.5, 0.6) is 0 Å². The maximum atomic E-state index is 6.46. The van der Waals surface area contributed by atoms with Crippen LogP contribution in [0.4, 0.5) is 5.69 Å². The van der Waals surface area contributed by atoms with E-state index >= 15 is 0 Å². The molecule has 3 heteroatoms. The van der Waals surface area contributed by atoms with Crippen molar-refractivity contribution in [2.75, 3.05) is 18.0 Å². The smallest absolute Gasteiger partial charge is 0.0471 e. The van der Waals surface area contributed by atoms with E-state index in [1.807, 2.05) is 0 Å². The molecule has 0 radical (unpaired) electrons. The minimum atomic E-state index is 0.471. The Bertz CT molecular complexity index is 417. The van der Waals surface area contributed by atoms with Crippen LogP contribution in [0.15, 0.2) is 18.2 Å². The van der Waals surface area contributed by atoms with E-state index < -0.39 is 0 Å². The predicted octanol–water partition coefficient (Wildman–Crippen LogP) is 4.96. The highest BCUT2D eigenvalue weighted by Crippen LogP contribution is 2.25. The molecule has 1 rings (SSSR count). The number of nitrogens with one attached hydrogen (secondary N) is 1. The molecule has 0 aliphatic rings. The summed E-state index contributed by atoms with van der Waals surface area (Å²) in [5, 5.41) is 4.28. The Hall–Kier alpha value is -0.730. The van der Waals surface area contributed by atoms with E-state index in [0.29, 0.717) is 17.9 Å². The Balaban J connectivity index is 2.86. The number of anilines is 1. The molecule has 0 saturated carbocycles. The molecular weight excluding hydrogens is 280 g/mol. The van der Waals surface area contributed by atoms with Crippen LogP contribution in [0.25, 0.3) is 0 Å². The largest absolute Gasteiger partial charge is 0.371 e. The lowest BCUT2D eigenvalue weighted by Crippen LogP contribution is -2.31. The third-order valence-electron chi connectivity index (χ3n) is 3.27. The van der Waals surface area contributed by atoms with Gasteiger partial charge in [-0.15, -0.1) is 0 Å². The van der Waals surface area contributed by atoms with Crippen LogP contribution in [0.1, 0.15) is 47.1 Å².